The van der Waals surface area contributed by atoms with E-state index in [1.807, 2.05) is 5.51 Å². The Bertz CT molecular complexity index is 338. The van der Waals surface area contributed by atoms with Crippen LogP contribution in [0.2, 0.25) is 0 Å². The quantitative estimate of drug-likeness (QED) is 0.877. The number of ether oxygens (including phenoxy) is 1. The maximum absolute atomic E-state index is 5.76. The van der Waals surface area contributed by atoms with Crippen LogP contribution in [0.4, 0.5) is 0 Å². The minimum Gasteiger partial charge on any atom is -0.378 e. The Hall–Kier alpha value is -0.450. The number of aromatic nitrogens is 1. The second-order valence-electron chi connectivity index (χ2n) is 4.74. The number of hydrogen-bond acceptors (Lipinski definition) is 4. The molecule has 0 spiro atoms. The Morgan fingerprint density at radius 3 is 3.18 bits per heavy atom. The molecule has 2 unspecified atom stereocenters. The van der Waals surface area contributed by atoms with Crippen molar-refractivity contribution in [2.75, 3.05) is 6.61 Å². The molecule has 1 aliphatic heterocycles. The molecule has 1 saturated heterocycles. The van der Waals surface area contributed by atoms with E-state index in [1.54, 1.807) is 11.3 Å². The molecule has 1 fully saturated rings. The first-order chi connectivity index (χ1) is 8.29. The fourth-order valence-corrected chi connectivity index (χ4v) is 3.05. The average molecular weight is 254 g/mol. The highest BCUT2D eigenvalue weighted by Gasteiger charge is 2.21. The van der Waals surface area contributed by atoms with Gasteiger partial charge >= 0.3 is 0 Å². The van der Waals surface area contributed by atoms with Gasteiger partial charge in [-0.25, -0.2) is 4.98 Å². The van der Waals surface area contributed by atoms with E-state index in [0.717, 1.165) is 26.0 Å². The first-order valence-electron chi connectivity index (χ1n) is 6.53. The van der Waals surface area contributed by atoms with Crippen LogP contribution in [0.15, 0.2) is 5.51 Å². The monoisotopic (exact) mass is 254 g/mol. The molecule has 0 bridgehead atoms. The van der Waals surface area contributed by atoms with Gasteiger partial charge in [0.05, 0.1) is 17.3 Å². The summed E-state index contributed by atoms with van der Waals surface area (Å²) in [6.45, 7) is 6.17. The molecule has 1 aromatic heterocycles. The van der Waals surface area contributed by atoms with Gasteiger partial charge < -0.3 is 10.1 Å². The molecule has 1 N–H and O–H groups in total. The van der Waals surface area contributed by atoms with Crippen LogP contribution in [0.5, 0.6) is 0 Å². The smallest absolute Gasteiger partial charge is 0.0798 e. The van der Waals surface area contributed by atoms with Crippen molar-refractivity contribution in [3.63, 3.8) is 0 Å². The molecule has 96 valence electrons. The van der Waals surface area contributed by atoms with Gasteiger partial charge in [0.25, 0.3) is 0 Å². The number of nitrogens with zero attached hydrogens (tertiary/aromatic N) is 1. The number of nitrogens with one attached hydrogen (secondary N) is 1. The maximum atomic E-state index is 5.76. The maximum Gasteiger partial charge on any atom is 0.0798 e. The summed E-state index contributed by atoms with van der Waals surface area (Å²) in [6, 6.07) is 0.613. The molecule has 2 rings (SSSR count). The highest BCUT2D eigenvalue weighted by atomic mass is 32.1. The molecule has 17 heavy (non-hydrogen) atoms. The predicted octanol–water partition coefficient (Wildman–Crippen LogP) is 2.89. The van der Waals surface area contributed by atoms with Crippen LogP contribution in [-0.4, -0.2) is 23.7 Å². The molecule has 0 radical (unpaired) electrons. The summed E-state index contributed by atoms with van der Waals surface area (Å²) in [5.74, 6) is 0. The Morgan fingerprint density at radius 2 is 2.47 bits per heavy atom. The molecular formula is C13H22N2OS. The number of hydrogen-bond donors (Lipinski definition) is 1. The Kier molecular flexibility index (Phi) is 4.95. The Labute approximate surface area is 108 Å². The molecule has 3 nitrogen and oxygen atoms in total. The van der Waals surface area contributed by atoms with Gasteiger partial charge in [-0.1, -0.05) is 13.3 Å². The topological polar surface area (TPSA) is 34.2 Å². The third-order valence-electron chi connectivity index (χ3n) is 3.37. The van der Waals surface area contributed by atoms with Crippen LogP contribution < -0.4 is 5.32 Å². The largest absolute Gasteiger partial charge is 0.378 e. The average Bonchev–Trinajstić information content (AvgIpc) is 2.73. The zero-order chi connectivity index (χ0) is 12.1. The van der Waals surface area contributed by atoms with Crippen molar-refractivity contribution >= 4 is 11.3 Å². The van der Waals surface area contributed by atoms with Crippen molar-refractivity contribution in [2.45, 2.75) is 58.2 Å². The molecule has 0 amide bonds. The van der Waals surface area contributed by atoms with Gasteiger partial charge in [-0.2, -0.15) is 0 Å². The van der Waals surface area contributed by atoms with Crippen LogP contribution >= 0.6 is 11.3 Å². The van der Waals surface area contributed by atoms with E-state index in [0.29, 0.717) is 12.1 Å². The zero-order valence-corrected chi connectivity index (χ0v) is 11.6. The van der Waals surface area contributed by atoms with Crippen molar-refractivity contribution in [1.82, 2.24) is 10.3 Å². The standard InChI is InChI=1S/C13H22N2OS/c1-3-4-12-7-11(5-6-16-12)14-8-13-10(2)15-9-17-13/h9,11-12,14H,3-8H2,1-2H3. The lowest BCUT2D eigenvalue weighted by Gasteiger charge is -2.30. The summed E-state index contributed by atoms with van der Waals surface area (Å²) < 4.78 is 5.76. The van der Waals surface area contributed by atoms with Crippen molar-refractivity contribution < 1.29 is 4.74 Å². The fourth-order valence-electron chi connectivity index (χ4n) is 2.32. The molecule has 2 atom stereocenters. The van der Waals surface area contributed by atoms with Gasteiger partial charge in [-0.05, 0) is 26.2 Å². The molecule has 2 heterocycles. The number of thiazole rings is 1. The zero-order valence-electron chi connectivity index (χ0n) is 10.7. The fraction of sp³-hybridized carbons (Fsp3) is 0.769. The predicted molar refractivity (Wildman–Crippen MR) is 71.4 cm³/mol. The number of rotatable bonds is 5. The minimum absolute atomic E-state index is 0.466. The van der Waals surface area contributed by atoms with Crippen LogP contribution in [0, 0.1) is 6.92 Å². The van der Waals surface area contributed by atoms with Crippen LogP contribution in [0.25, 0.3) is 0 Å². The second kappa shape index (κ2) is 6.47. The van der Waals surface area contributed by atoms with E-state index in [4.69, 9.17) is 4.74 Å². The summed E-state index contributed by atoms with van der Waals surface area (Å²) in [5.41, 5.74) is 3.09. The SMILES string of the molecule is CCCC1CC(NCc2scnc2C)CCO1. The molecule has 0 saturated carbocycles. The lowest BCUT2D eigenvalue weighted by Crippen LogP contribution is -2.38. The van der Waals surface area contributed by atoms with Gasteiger partial charge in [-0.3, -0.25) is 0 Å². The van der Waals surface area contributed by atoms with Crippen molar-refractivity contribution in [2.24, 2.45) is 0 Å². The second-order valence-corrected chi connectivity index (χ2v) is 5.68. The molecule has 1 aliphatic rings. The summed E-state index contributed by atoms with van der Waals surface area (Å²) in [5, 5.41) is 3.64. The van der Waals surface area contributed by atoms with Crippen molar-refractivity contribution in [1.29, 1.82) is 0 Å². The highest BCUT2D eigenvalue weighted by Crippen LogP contribution is 2.19. The van der Waals surface area contributed by atoms with Crippen molar-refractivity contribution in [3.05, 3.63) is 16.1 Å². The minimum atomic E-state index is 0.466. The molecule has 0 aliphatic carbocycles. The first kappa shape index (κ1) is 13.0. The summed E-state index contributed by atoms with van der Waals surface area (Å²) in [6.07, 6.45) is 5.17. The third kappa shape index (κ3) is 3.76. The molecule has 1 aromatic rings. The van der Waals surface area contributed by atoms with E-state index in [-0.39, 0.29) is 0 Å². The molecule has 4 heteroatoms. The van der Waals surface area contributed by atoms with E-state index in [2.05, 4.69) is 24.1 Å². The Balaban J connectivity index is 1.77. The van der Waals surface area contributed by atoms with Gasteiger partial charge in [0, 0.05) is 24.1 Å². The van der Waals surface area contributed by atoms with Gasteiger partial charge in [-0.15, -0.1) is 11.3 Å². The number of aryl methyl sites for hydroxylation is 1. The summed E-state index contributed by atoms with van der Waals surface area (Å²) in [4.78, 5) is 5.64. The lowest BCUT2D eigenvalue weighted by atomic mass is 10.00. The first-order valence-corrected chi connectivity index (χ1v) is 7.41. The molecule has 0 aromatic carbocycles. The molecular weight excluding hydrogens is 232 g/mol. The van der Waals surface area contributed by atoms with Gasteiger partial charge in [0.15, 0.2) is 0 Å². The van der Waals surface area contributed by atoms with E-state index < -0.39 is 0 Å². The van der Waals surface area contributed by atoms with Gasteiger partial charge in [0.1, 0.15) is 0 Å². The summed E-state index contributed by atoms with van der Waals surface area (Å²) >= 11 is 1.74. The lowest BCUT2D eigenvalue weighted by molar-refractivity contribution is -0.00339. The Morgan fingerprint density at radius 1 is 1.59 bits per heavy atom. The summed E-state index contributed by atoms with van der Waals surface area (Å²) in [7, 11) is 0. The van der Waals surface area contributed by atoms with Crippen LogP contribution in [0.1, 0.15) is 43.2 Å². The van der Waals surface area contributed by atoms with Crippen molar-refractivity contribution in [3.8, 4) is 0 Å². The highest BCUT2D eigenvalue weighted by molar-refractivity contribution is 7.09. The van der Waals surface area contributed by atoms with Crippen LogP contribution in [0.3, 0.4) is 0 Å². The van der Waals surface area contributed by atoms with E-state index in [9.17, 15) is 0 Å². The normalized spacial score (nSPS) is 25.1. The van der Waals surface area contributed by atoms with E-state index >= 15 is 0 Å². The van der Waals surface area contributed by atoms with E-state index in [1.165, 1.54) is 23.4 Å². The van der Waals surface area contributed by atoms with Crippen LogP contribution in [-0.2, 0) is 11.3 Å². The van der Waals surface area contributed by atoms with Gasteiger partial charge in [0.2, 0.25) is 0 Å². The third-order valence-corrected chi connectivity index (χ3v) is 4.31.